The van der Waals surface area contributed by atoms with Gasteiger partial charge in [-0.05, 0) is 31.5 Å². The van der Waals surface area contributed by atoms with Crippen molar-refractivity contribution in [1.82, 2.24) is 0 Å². The van der Waals surface area contributed by atoms with Gasteiger partial charge < -0.3 is 14.7 Å². The van der Waals surface area contributed by atoms with Crippen molar-refractivity contribution in [3.8, 4) is 5.75 Å². The second kappa shape index (κ2) is 7.14. The van der Waals surface area contributed by atoms with Crippen molar-refractivity contribution in [2.75, 3.05) is 18.6 Å². The number of hydrogen-bond acceptors (Lipinski definition) is 3. The lowest BCUT2D eigenvalue weighted by molar-refractivity contribution is 0.194. The molecule has 2 rings (SSSR count). The molecule has 0 aliphatic carbocycles. The van der Waals surface area contributed by atoms with E-state index in [0.29, 0.717) is 0 Å². The summed E-state index contributed by atoms with van der Waals surface area (Å²) < 4.78 is 5.41. The largest absolute Gasteiger partial charge is 0.496 e. The van der Waals surface area contributed by atoms with Crippen molar-refractivity contribution in [2.24, 2.45) is 0 Å². The molecule has 0 heterocycles. The van der Waals surface area contributed by atoms with Gasteiger partial charge in [0.1, 0.15) is 5.75 Å². The molecule has 2 aromatic carbocycles. The third-order valence-corrected chi connectivity index (χ3v) is 3.62. The van der Waals surface area contributed by atoms with E-state index in [1.807, 2.05) is 36.4 Å². The first kappa shape index (κ1) is 15.4. The summed E-state index contributed by atoms with van der Waals surface area (Å²) in [5, 5.41) is 10.1. The molecule has 2 aromatic rings. The highest BCUT2D eigenvalue weighted by Gasteiger charge is 2.18. The zero-order valence-corrected chi connectivity index (χ0v) is 12.9. The minimum atomic E-state index is -0.569. The molecule has 3 heteroatoms. The Bertz CT molecular complexity index is 567. The van der Waals surface area contributed by atoms with E-state index in [9.17, 15) is 5.11 Å². The fourth-order valence-electron chi connectivity index (χ4n) is 2.58. The number of nitrogens with zero attached hydrogens (tertiary/aromatic N) is 1. The van der Waals surface area contributed by atoms with Crippen LogP contribution in [0.2, 0.25) is 0 Å². The summed E-state index contributed by atoms with van der Waals surface area (Å²) in [5.74, 6) is 0.731. The number of rotatable bonds is 6. The molecule has 112 valence electrons. The van der Waals surface area contributed by atoms with Gasteiger partial charge in [0.2, 0.25) is 0 Å². The van der Waals surface area contributed by atoms with Crippen LogP contribution < -0.4 is 9.64 Å². The summed E-state index contributed by atoms with van der Waals surface area (Å²) in [6.45, 7) is 5.57. The first-order valence-corrected chi connectivity index (χ1v) is 7.31. The maximum atomic E-state index is 10.1. The van der Waals surface area contributed by atoms with Gasteiger partial charge in [-0.15, -0.1) is 0 Å². The number of aliphatic hydroxyl groups is 1. The first-order chi connectivity index (χ1) is 10.2. The Morgan fingerprint density at radius 2 is 1.81 bits per heavy atom. The molecule has 1 atom stereocenters. The van der Waals surface area contributed by atoms with Crippen LogP contribution in [0.1, 0.15) is 31.1 Å². The van der Waals surface area contributed by atoms with Crippen LogP contribution in [-0.2, 0) is 6.54 Å². The Kier molecular flexibility index (Phi) is 5.23. The predicted octanol–water partition coefficient (Wildman–Crippen LogP) is 3.78. The summed E-state index contributed by atoms with van der Waals surface area (Å²) in [7, 11) is 1.64. The van der Waals surface area contributed by atoms with Gasteiger partial charge in [0.05, 0.1) is 13.2 Å². The predicted molar refractivity (Wildman–Crippen MR) is 86.8 cm³/mol. The number of benzene rings is 2. The molecular formula is C18H23NO2. The minimum Gasteiger partial charge on any atom is -0.496 e. The van der Waals surface area contributed by atoms with Gasteiger partial charge in [-0.3, -0.25) is 0 Å². The van der Waals surface area contributed by atoms with Crippen LogP contribution >= 0.6 is 0 Å². The molecule has 0 aromatic heterocycles. The lowest BCUT2D eigenvalue weighted by Gasteiger charge is -2.28. The molecule has 21 heavy (non-hydrogen) atoms. The smallest absolute Gasteiger partial charge is 0.126 e. The van der Waals surface area contributed by atoms with E-state index < -0.39 is 6.10 Å². The summed E-state index contributed by atoms with van der Waals surface area (Å²) in [4.78, 5) is 2.25. The van der Waals surface area contributed by atoms with Gasteiger partial charge in [0.15, 0.2) is 0 Å². The van der Waals surface area contributed by atoms with E-state index in [1.54, 1.807) is 14.0 Å². The van der Waals surface area contributed by atoms with E-state index in [4.69, 9.17) is 4.74 Å². The number of anilines is 1. The monoisotopic (exact) mass is 285 g/mol. The van der Waals surface area contributed by atoms with E-state index in [0.717, 1.165) is 30.1 Å². The molecule has 0 saturated carbocycles. The van der Waals surface area contributed by atoms with Crippen molar-refractivity contribution in [1.29, 1.82) is 0 Å². The van der Waals surface area contributed by atoms with Crippen molar-refractivity contribution in [3.63, 3.8) is 0 Å². The van der Waals surface area contributed by atoms with Crippen LogP contribution in [0.15, 0.2) is 48.5 Å². The number of aliphatic hydroxyl groups excluding tert-OH is 1. The second-order valence-electron chi connectivity index (χ2n) is 5.07. The van der Waals surface area contributed by atoms with Crippen molar-refractivity contribution in [2.45, 2.75) is 26.5 Å². The summed E-state index contributed by atoms with van der Waals surface area (Å²) in [5.41, 5.74) is 3.12. The molecule has 0 saturated heterocycles. The molecule has 0 amide bonds. The van der Waals surface area contributed by atoms with Gasteiger partial charge in [-0.1, -0.05) is 36.4 Å². The summed E-state index contributed by atoms with van der Waals surface area (Å²) >= 11 is 0. The highest BCUT2D eigenvalue weighted by atomic mass is 16.5. The van der Waals surface area contributed by atoms with Crippen molar-refractivity contribution in [3.05, 3.63) is 59.7 Å². The molecule has 1 N–H and O–H groups in total. The molecule has 3 nitrogen and oxygen atoms in total. The zero-order valence-electron chi connectivity index (χ0n) is 12.9. The number of hydrogen-bond donors (Lipinski definition) is 1. The maximum absolute atomic E-state index is 10.1. The number of ether oxygens (including phenoxy) is 1. The van der Waals surface area contributed by atoms with Gasteiger partial charge in [-0.25, -0.2) is 0 Å². The van der Waals surface area contributed by atoms with Crippen molar-refractivity contribution < 1.29 is 9.84 Å². The normalized spacial score (nSPS) is 12.0. The van der Waals surface area contributed by atoms with Crippen LogP contribution in [-0.4, -0.2) is 18.8 Å². The Morgan fingerprint density at radius 1 is 1.10 bits per heavy atom. The minimum absolute atomic E-state index is 0.569. The molecule has 0 bridgehead atoms. The Labute approximate surface area is 126 Å². The lowest BCUT2D eigenvalue weighted by atomic mass is 10.0. The Morgan fingerprint density at radius 3 is 2.38 bits per heavy atom. The number of methoxy groups -OCH3 is 1. The molecule has 0 aliphatic rings. The topological polar surface area (TPSA) is 32.7 Å². The fraction of sp³-hybridized carbons (Fsp3) is 0.333. The molecular weight excluding hydrogens is 262 g/mol. The van der Waals surface area contributed by atoms with Crippen LogP contribution in [0.25, 0.3) is 0 Å². The molecule has 0 aliphatic heterocycles. The van der Waals surface area contributed by atoms with Gasteiger partial charge in [0.25, 0.3) is 0 Å². The van der Waals surface area contributed by atoms with E-state index in [-0.39, 0.29) is 0 Å². The SMILES string of the molecule is CCN(Cc1ccccc1)c1cccc(OC)c1[C@@H](C)O. The summed E-state index contributed by atoms with van der Waals surface area (Å²) in [6.07, 6.45) is -0.569. The first-order valence-electron chi connectivity index (χ1n) is 7.31. The highest BCUT2D eigenvalue weighted by Crippen LogP contribution is 2.35. The quantitative estimate of drug-likeness (QED) is 0.877. The second-order valence-corrected chi connectivity index (χ2v) is 5.07. The summed E-state index contributed by atoms with van der Waals surface area (Å²) in [6, 6.07) is 16.2. The molecule has 0 radical (unpaired) electrons. The highest BCUT2D eigenvalue weighted by molar-refractivity contribution is 5.60. The van der Waals surface area contributed by atoms with E-state index in [1.165, 1.54) is 5.56 Å². The fourth-order valence-corrected chi connectivity index (χ4v) is 2.58. The van der Waals surface area contributed by atoms with E-state index in [2.05, 4.69) is 24.0 Å². The maximum Gasteiger partial charge on any atom is 0.126 e. The third kappa shape index (κ3) is 3.56. The average molecular weight is 285 g/mol. The molecule has 0 unspecified atom stereocenters. The van der Waals surface area contributed by atoms with Crippen LogP contribution in [0, 0.1) is 0 Å². The Balaban J connectivity index is 2.38. The average Bonchev–Trinajstić information content (AvgIpc) is 2.52. The van der Waals surface area contributed by atoms with Gasteiger partial charge in [-0.2, -0.15) is 0 Å². The van der Waals surface area contributed by atoms with Crippen LogP contribution in [0.4, 0.5) is 5.69 Å². The van der Waals surface area contributed by atoms with Gasteiger partial charge >= 0.3 is 0 Å². The van der Waals surface area contributed by atoms with Gasteiger partial charge in [0, 0.05) is 24.3 Å². The Hall–Kier alpha value is -2.00. The van der Waals surface area contributed by atoms with Crippen LogP contribution in [0.3, 0.4) is 0 Å². The van der Waals surface area contributed by atoms with Crippen LogP contribution in [0.5, 0.6) is 5.75 Å². The molecule has 0 fully saturated rings. The lowest BCUT2D eigenvalue weighted by Crippen LogP contribution is -2.24. The molecule has 0 spiro atoms. The zero-order chi connectivity index (χ0) is 15.2. The standard InChI is InChI=1S/C18H23NO2/c1-4-19(13-15-9-6-5-7-10-15)16-11-8-12-17(21-3)18(16)14(2)20/h5-12,14,20H,4,13H2,1-3H3/t14-/m1/s1. The van der Waals surface area contributed by atoms with Crippen molar-refractivity contribution >= 4 is 5.69 Å². The third-order valence-electron chi connectivity index (χ3n) is 3.62. The van der Waals surface area contributed by atoms with E-state index >= 15 is 0 Å².